The molecule has 1 aliphatic heterocycles. The van der Waals surface area contributed by atoms with Gasteiger partial charge in [0.1, 0.15) is 12.7 Å². The number of benzene rings is 2. The summed E-state index contributed by atoms with van der Waals surface area (Å²) >= 11 is 0. The maximum Gasteiger partial charge on any atom is 0.269 e. The highest BCUT2D eigenvalue weighted by atomic mass is 16.6. The lowest BCUT2D eigenvalue weighted by Gasteiger charge is -2.26. The Bertz CT molecular complexity index is 801. The van der Waals surface area contributed by atoms with Crippen LogP contribution in [-0.2, 0) is 4.79 Å². The van der Waals surface area contributed by atoms with Gasteiger partial charge in [0.15, 0.2) is 11.5 Å². The summed E-state index contributed by atoms with van der Waals surface area (Å²) in [6.45, 7) is 0.682. The molecule has 0 unspecified atom stereocenters. The van der Waals surface area contributed by atoms with Gasteiger partial charge >= 0.3 is 0 Å². The second kappa shape index (κ2) is 7.48. The fraction of sp³-hybridized carbons (Fsp3) is 0.167. The van der Waals surface area contributed by atoms with Crippen molar-refractivity contribution in [2.24, 2.45) is 0 Å². The number of amides is 1. The first-order chi connectivity index (χ1) is 12.1. The first kappa shape index (κ1) is 16.5. The molecule has 25 heavy (non-hydrogen) atoms. The average Bonchev–Trinajstić information content (AvgIpc) is 2.65. The van der Waals surface area contributed by atoms with Gasteiger partial charge < -0.3 is 14.8 Å². The predicted molar refractivity (Wildman–Crippen MR) is 91.5 cm³/mol. The zero-order valence-electron chi connectivity index (χ0n) is 13.3. The van der Waals surface area contributed by atoms with Gasteiger partial charge in [-0.15, -0.1) is 0 Å². The molecule has 1 aliphatic rings. The van der Waals surface area contributed by atoms with Gasteiger partial charge in [0.25, 0.3) is 5.69 Å². The largest absolute Gasteiger partial charge is 0.486 e. The van der Waals surface area contributed by atoms with Crippen molar-refractivity contribution in [3.8, 4) is 11.5 Å². The molecule has 0 fully saturated rings. The molecular formula is C18H16N2O5. The molecule has 2 aromatic rings. The SMILES string of the molecule is O=C(/C=C/c1ccc([N+](=O)[O-])cc1)NC[C@@H]1COc2ccccc2O1. The normalized spacial score (nSPS) is 15.8. The zero-order chi connectivity index (χ0) is 17.6. The minimum atomic E-state index is -0.468. The molecular weight excluding hydrogens is 324 g/mol. The van der Waals surface area contributed by atoms with Gasteiger partial charge in [0.05, 0.1) is 11.5 Å². The van der Waals surface area contributed by atoms with Crippen LogP contribution in [0.15, 0.2) is 54.6 Å². The molecule has 1 atom stereocenters. The molecule has 0 spiro atoms. The third kappa shape index (κ3) is 4.35. The van der Waals surface area contributed by atoms with Crippen LogP contribution >= 0.6 is 0 Å². The first-order valence-electron chi connectivity index (χ1n) is 7.70. The van der Waals surface area contributed by atoms with Crippen LogP contribution < -0.4 is 14.8 Å². The van der Waals surface area contributed by atoms with Gasteiger partial charge in [-0.2, -0.15) is 0 Å². The van der Waals surface area contributed by atoms with E-state index in [0.29, 0.717) is 30.2 Å². The number of carbonyl (C=O) groups excluding carboxylic acids is 1. The summed E-state index contributed by atoms with van der Waals surface area (Å²) in [6, 6.07) is 13.3. The average molecular weight is 340 g/mol. The van der Waals surface area contributed by atoms with Gasteiger partial charge in [-0.3, -0.25) is 14.9 Å². The number of non-ortho nitro benzene ring substituents is 1. The highest BCUT2D eigenvalue weighted by molar-refractivity contribution is 5.91. The number of para-hydroxylation sites is 2. The number of hydrogen-bond acceptors (Lipinski definition) is 5. The molecule has 0 saturated heterocycles. The summed E-state index contributed by atoms with van der Waals surface area (Å²) in [5.74, 6) is 1.08. The van der Waals surface area contributed by atoms with E-state index in [1.54, 1.807) is 18.2 Å². The van der Waals surface area contributed by atoms with Crippen LogP contribution in [0.1, 0.15) is 5.56 Å². The Morgan fingerprint density at radius 3 is 2.64 bits per heavy atom. The number of nitrogens with zero attached hydrogens (tertiary/aromatic N) is 1. The second-order valence-electron chi connectivity index (χ2n) is 5.42. The van der Waals surface area contributed by atoms with Gasteiger partial charge in [0, 0.05) is 18.2 Å². The fourth-order valence-electron chi connectivity index (χ4n) is 2.32. The van der Waals surface area contributed by atoms with Crippen LogP contribution in [0.3, 0.4) is 0 Å². The molecule has 0 radical (unpaired) electrons. The molecule has 1 N–H and O–H groups in total. The number of carbonyl (C=O) groups is 1. The van der Waals surface area contributed by atoms with E-state index in [2.05, 4.69) is 5.32 Å². The number of hydrogen-bond donors (Lipinski definition) is 1. The predicted octanol–water partition coefficient (Wildman–Crippen LogP) is 2.56. The van der Waals surface area contributed by atoms with Crippen LogP contribution in [0, 0.1) is 10.1 Å². The minimum absolute atomic E-state index is 0.0105. The third-order valence-electron chi connectivity index (χ3n) is 3.60. The van der Waals surface area contributed by atoms with E-state index in [1.807, 2.05) is 24.3 Å². The van der Waals surface area contributed by atoms with Crippen LogP contribution in [0.5, 0.6) is 11.5 Å². The Kier molecular flexibility index (Phi) is 4.94. The monoisotopic (exact) mass is 340 g/mol. The number of nitro benzene ring substituents is 1. The minimum Gasteiger partial charge on any atom is -0.486 e. The molecule has 2 aromatic carbocycles. The highest BCUT2D eigenvalue weighted by Gasteiger charge is 2.20. The van der Waals surface area contributed by atoms with Crippen molar-refractivity contribution in [2.45, 2.75) is 6.10 Å². The Labute approximate surface area is 144 Å². The van der Waals surface area contributed by atoms with Crippen LogP contribution in [0.2, 0.25) is 0 Å². The quantitative estimate of drug-likeness (QED) is 0.513. The lowest BCUT2D eigenvalue weighted by atomic mass is 10.2. The number of rotatable bonds is 5. The second-order valence-corrected chi connectivity index (χ2v) is 5.42. The van der Waals surface area contributed by atoms with E-state index in [0.717, 1.165) is 0 Å². The number of nitrogens with one attached hydrogen (secondary N) is 1. The molecule has 3 rings (SSSR count). The maximum atomic E-state index is 11.9. The van der Waals surface area contributed by atoms with Gasteiger partial charge in [0.2, 0.25) is 5.91 Å². The van der Waals surface area contributed by atoms with E-state index in [1.165, 1.54) is 18.2 Å². The summed E-state index contributed by atoms with van der Waals surface area (Å²) in [5.41, 5.74) is 0.711. The van der Waals surface area contributed by atoms with E-state index < -0.39 is 4.92 Å². The van der Waals surface area contributed by atoms with Crippen molar-refractivity contribution in [3.05, 3.63) is 70.3 Å². The molecule has 128 valence electrons. The smallest absolute Gasteiger partial charge is 0.269 e. The van der Waals surface area contributed by atoms with Crippen molar-refractivity contribution in [1.29, 1.82) is 0 Å². The van der Waals surface area contributed by atoms with E-state index in [4.69, 9.17) is 9.47 Å². The Balaban J connectivity index is 1.49. The molecule has 0 aromatic heterocycles. The Morgan fingerprint density at radius 1 is 1.20 bits per heavy atom. The number of nitro groups is 1. The number of ether oxygens (including phenoxy) is 2. The Morgan fingerprint density at radius 2 is 1.92 bits per heavy atom. The summed E-state index contributed by atoms with van der Waals surface area (Å²) in [7, 11) is 0. The maximum absolute atomic E-state index is 11.9. The van der Waals surface area contributed by atoms with Crippen molar-refractivity contribution in [3.63, 3.8) is 0 Å². The lowest BCUT2D eigenvalue weighted by Crippen LogP contribution is -2.40. The zero-order valence-corrected chi connectivity index (χ0v) is 13.3. The first-order valence-corrected chi connectivity index (χ1v) is 7.70. The molecule has 0 bridgehead atoms. The molecule has 7 heteroatoms. The standard InChI is InChI=1S/C18H16N2O5/c21-18(10-7-13-5-8-14(9-6-13)20(22)23)19-11-15-12-24-16-3-1-2-4-17(16)25-15/h1-10,15H,11-12H2,(H,19,21)/b10-7+/t15-/m1/s1. The van der Waals surface area contributed by atoms with Gasteiger partial charge in [-0.05, 0) is 35.9 Å². The summed E-state index contributed by atoms with van der Waals surface area (Å²) in [4.78, 5) is 22.0. The van der Waals surface area contributed by atoms with E-state index in [-0.39, 0.29) is 17.7 Å². The topological polar surface area (TPSA) is 90.7 Å². The third-order valence-corrected chi connectivity index (χ3v) is 3.60. The van der Waals surface area contributed by atoms with Crippen molar-refractivity contribution in [2.75, 3.05) is 13.2 Å². The molecule has 1 amide bonds. The van der Waals surface area contributed by atoms with Gasteiger partial charge in [-0.25, -0.2) is 0 Å². The van der Waals surface area contributed by atoms with Crippen LogP contribution in [0.25, 0.3) is 6.08 Å². The van der Waals surface area contributed by atoms with E-state index >= 15 is 0 Å². The van der Waals surface area contributed by atoms with Crippen molar-refractivity contribution in [1.82, 2.24) is 5.32 Å². The highest BCUT2D eigenvalue weighted by Crippen LogP contribution is 2.30. The Hall–Kier alpha value is -3.35. The van der Waals surface area contributed by atoms with Crippen molar-refractivity contribution < 1.29 is 19.2 Å². The molecule has 1 heterocycles. The van der Waals surface area contributed by atoms with Crippen LogP contribution in [0.4, 0.5) is 5.69 Å². The lowest BCUT2D eigenvalue weighted by molar-refractivity contribution is -0.384. The fourth-order valence-corrected chi connectivity index (χ4v) is 2.32. The summed E-state index contributed by atoms with van der Waals surface area (Å²) in [5, 5.41) is 13.3. The summed E-state index contributed by atoms with van der Waals surface area (Å²) in [6.07, 6.45) is 2.71. The van der Waals surface area contributed by atoms with Crippen molar-refractivity contribution >= 4 is 17.7 Å². The number of fused-ring (bicyclic) bond motifs is 1. The van der Waals surface area contributed by atoms with Crippen LogP contribution in [-0.4, -0.2) is 30.1 Å². The molecule has 7 nitrogen and oxygen atoms in total. The van der Waals surface area contributed by atoms with E-state index in [9.17, 15) is 14.9 Å². The van der Waals surface area contributed by atoms with Gasteiger partial charge in [-0.1, -0.05) is 12.1 Å². The molecule has 0 saturated carbocycles. The summed E-state index contributed by atoms with van der Waals surface area (Å²) < 4.78 is 11.3. The molecule has 0 aliphatic carbocycles.